The number of fused-ring (bicyclic) bond motifs is 4. The highest BCUT2D eigenvalue weighted by atomic mass is 15.1. The normalized spacial score (nSPS) is 11.5. The molecule has 0 N–H and O–H groups in total. The summed E-state index contributed by atoms with van der Waals surface area (Å²) in [5.74, 6) is 0. The summed E-state index contributed by atoms with van der Waals surface area (Å²) in [7, 11) is 0. The number of allylic oxidation sites excluding steroid dienone is 1. The molecule has 0 aliphatic carbocycles. The number of hydrogen-bond donors (Lipinski definition) is 0. The summed E-state index contributed by atoms with van der Waals surface area (Å²) >= 11 is 0. The lowest BCUT2D eigenvalue weighted by molar-refractivity contribution is 1.13. The highest BCUT2D eigenvalue weighted by molar-refractivity contribution is 6.14. The van der Waals surface area contributed by atoms with Crippen LogP contribution in [0.3, 0.4) is 0 Å². The number of anilines is 3. The van der Waals surface area contributed by atoms with Crippen molar-refractivity contribution in [2.75, 3.05) is 4.90 Å². The van der Waals surface area contributed by atoms with Gasteiger partial charge in [-0.3, -0.25) is 0 Å². The predicted molar refractivity (Wildman–Crippen MR) is 209 cm³/mol. The van der Waals surface area contributed by atoms with Crippen LogP contribution in [-0.2, 0) is 6.42 Å². The van der Waals surface area contributed by atoms with E-state index < -0.39 is 0 Å². The molecular formula is C47H37N. The van der Waals surface area contributed by atoms with Gasteiger partial charge in [0.25, 0.3) is 0 Å². The molecule has 1 nitrogen and oxygen atoms in total. The number of aryl methyl sites for hydroxylation is 1. The number of benzene rings is 8. The fourth-order valence-electron chi connectivity index (χ4n) is 7.05. The minimum absolute atomic E-state index is 1.02. The fourth-order valence-corrected chi connectivity index (χ4v) is 7.05. The molecule has 0 unspecified atom stereocenters. The van der Waals surface area contributed by atoms with Crippen molar-refractivity contribution in [3.05, 3.63) is 181 Å². The van der Waals surface area contributed by atoms with Gasteiger partial charge in [-0.05, 0) is 116 Å². The molecule has 0 amide bonds. The molecule has 0 radical (unpaired) electrons. The Morgan fingerprint density at radius 2 is 1.00 bits per heavy atom. The van der Waals surface area contributed by atoms with Crippen LogP contribution in [0.2, 0.25) is 0 Å². The molecule has 0 aliphatic heterocycles. The molecule has 0 heterocycles. The Balaban J connectivity index is 1.26. The highest BCUT2D eigenvalue weighted by Gasteiger charge is 2.18. The fraction of sp³-hybridized carbons (Fsp3) is 0.0638. The summed E-state index contributed by atoms with van der Waals surface area (Å²) in [6.07, 6.45) is 5.36. The second kappa shape index (κ2) is 12.7. The van der Waals surface area contributed by atoms with Crippen molar-refractivity contribution in [2.24, 2.45) is 0 Å². The van der Waals surface area contributed by atoms with Gasteiger partial charge in [0.05, 0.1) is 5.69 Å². The molecule has 0 spiro atoms. The molecule has 8 rings (SSSR count). The van der Waals surface area contributed by atoms with Gasteiger partial charge in [0.2, 0.25) is 0 Å². The lowest BCUT2D eigenvalue weighted by Gasteiger charge is -2.28. The first-order valence-electron chi connectivity index (χ1n) is 16.9. The van der Waals surface area contributed by atoms with Crippen LogP contribution >= 0.6 is 0 Å². The zero-order valence-corrected chi connectivity index (χ0v) is 27.4. The zero-order valence-electron chi connectivity index (χ0n) is 27.4. The van der Waals surface area contributed by atoms with Gasteiger partial charge in [0.1, 0.15) is 0 Å². The Kier molecular flexibility index (Phi) is 7.80. The van der Waals surface area contributed by atoms with Crippen molar-refractivity contribution < 1.29 is 0 Å². The quantitative estimate of drug-likeness (QED) is 0.161. The molecule has 1 heteroatoms. The van der Waals surface area contributed by atoms with Gasteiger partial charge in [-0.1, -0.05) is 140 Å². The van der Waals surface area contributed by atoms with Crippen LogP contribution in [0.5, 0.6) is 0 Å². The molecule has 8 aromatic carbocycles. The average Bonchev–Trinajstić information content (AvgIpc) is 3.15. The monoisotopic (exact) mass is 615 g/mol. The predicted octanol–water partition coefficient (Wildman–Crippen LogP) is 13.5. The molecule has 0 aliphatic rings. The van der Waals surface area contributed by atoms with Crippen LogP contribution in [0.4, 0.5) is 17.1 Å². The maximum absolute atomic E-state index is 2.41. The topological polar surface area (TPSA) is 3.24 Å². The Morgan fingerprint density at radius 3 is 1.67 bits per heavy atom. The third-order valence-corrected chi connectivity index (χ3v) is 9.53. The summed E-state index contributed by atoms with van der Waals surface area (Å²) in [5.41, 5.74) is 10.9. The highest BCUT2D eigenvalue weighted by Crippen LogP contribution is 2.43. The summed E-state index contributed by atoms with van der Waals surface area (Å²) in [6.45, 7) is 4.30. The van der Waals surface area contributed by atoms with Crippen molar-refractivity contribution in [3.63, 3.8) is 0 Å². The second-order valence-electron chi connectivity index (χ2n) is 12.4. The Morgan fingerprint density at radius 1 is 0.458 bits per heavy atom. The minimum Gasteiger partial charge on any atom is -0.310 e. The standard InChI is InChI=1S/C47H37N/c1-3-11-37-30-39(20-18-33(37)4-2)35-22-26-42(27-23-35)48(47-32-41-14-7-8-15-44(41)45-16-9-10-17-46(45)47)43-28-24-36(25-29-43)40-21-19-34-12-5-6-13-38(34)31-40/h3,5-32H,4H2,1-2H3/b11-3-. The van der Waals surface area contributed by atoms with Crippen molar-refractivity contribution >= 4 is 55.5 Å². The first-order valence-corrected chi connectivity index (χ1v) is 16.9. The van der Waals surface area contributed by atoms with Crippen molar-refractivity contribution in [2.45, 2.75) is 20.3 Å². The largest absolute Gasteiger partial charge is 0.310 e. The lowest BCUT2D eigenvalue weighted by atomic mass is 9.96. The molecule has 0 fully saturated rings. The molecule has 230 valence electrons. The van der Waals surface area contributed by atoms with E-state index in [1.165, 1.54) is 65.7 Å². The van der Waals surface area contributed by atoms with Crippen LogP contribution in [0, 0.1) is 0 Å². The maximum atomic E-state index is 2.41. The number of hydrogen-bond acceptors (Lipinski definition) is 1. The van der Waals surface area contributed by atoms with Crippen molar-refractivity contribution in [3.8, 4) is 22.3 Å². The van der Waals surface area contributed by atoms with Gasteiger partial charge in [0.15, 0.2) is 0 Å². The summed E-state index contributed by atoms with van der Waals surface area (Å²) in [4.78, 5) is 2.41. The van der Waals surface area contributed by atoms with E-state index in [0.717, 1.165) is 23.5 Å². The summed E-state index contributed by atoms with van der Waals surface area (Å²) in [6, 6.07) is 60.0. The molecule has 0 aromatic heterocycles. The molecule has 0 bridgehead atoms. The second-order valence-corrected chi connectivity index (χ2v) is 12.4. The van der Waals surface area contributed by atoms with Gasteiger partial charge < -0.3 is 4.90 Å². The Labute approximate surface area is 283 Å². The van der Waals surface area contributed by atoms with E-state index in [1.54, 1.807) is 0 Å². The van der Waals surface area contributed by atoms with Crippen molar-refractivity contribution in [1.82, 2.24) is 0 Å². The van der Waals surface area contributed by atoms with Gasteiger partial charge in [-0.25, -0.2) is 0 Å². The van der Waals surface area contributed by atoms with E-state index >= 15 is 0 Å². The van der Waals surface area contributed by atoms with Crippen LogP contribution < -0.4 is 4.90 Å². The van der Waals surface area contributed by atoms with Crippen LogP contribution in [0.15, 0.2) is 170 Å². The first kappa shape index (κ1) is 29.5. The molecule has 0 saturated carbocycles. The summed E-state index contributed by atoms with van der Waals surface area (Å²) in [5, 5.41) is 7.50. The molecular weight excluding hydrogens is 579 g/mol. The summed E-state index contributed by atoms with van der Waals surface area (Å²) < 4.78 is 0. The average molecular weight is 616 g/mol. The van der Waals surface area contributed by atoms with E-state index in [1.807, 2.05) is 0 Å². The van der Waals surface area contributed by atoms with Crippen molar-refractivity contribution in [1.29, 1.82) is 0 Å². The molecule has 0 atom stereocenters. The third-order valence-electron chi connectivity index (χ3n) is 9.53. The van der Waals surface area contributed by atoms with E-state index in [4.69, 9.17) is 0 Å². The Bertz CT molecular complexity index is 2430. The van der Waals surface area contributed by atoms with Crippen LogP contribution in [-0.4, -0.2) is 0 Å². The SMILES string of the molecule is C/C=C\c1cc(-c2ccc(N(c3ccc(-c4ccc5ccccc5c4)cc3)c3cc4ccccc4c4ccccc34)cc2)ccc1CC. The zero-order chi connectivity index (χ0) is 32.5. The van der Waals surface area contributed by atoms with E-state index in [9.17, 15) is 0 Å². The molecule has 8 aromatic rings. The van der Waals surface area contributed by atoms with E-state index in [2.05, 4.69) is 195 Å². The number of rotatable bonds is 7. The molecule has 48 heavy (non-hydrogen) atoms. The lowest BCUT2D eigenvalue weighted by Crippen LogP contribution is -2.10. The van der Waals surface area contributed by atoms with Crippen LogP contribution in [0.25, 0.3) is 60.6 Å². The van der Waals surface area contributed by atoms with E-state index in [-0.39, 0.29) is 0 Å². The maximum Gasteiger partial charge on any atom is 0.0546 e. The van der Waals surface area contributed by atoms with Gasteiger partial charge in [0, 0.05) is 16.8 Å². The minimum atomic E-state index is 1.02. The molecule has 0 saturated heterocycles. The smallest absolute Gasteiger partial charge is 0.0546 e. The van der Waals surface area contributed by atoms with Gasteiger partial charge in [-0.2, -0.15) is 0 Å². The van der Waals surface area contributed by atoms with Crippen LogP contribution in [0.1, 0.15) is 25.0 Å². The Hall–Kier alpha value is -5.92. The van der Waals surface area contributed by atoms with E-state index in [0.29, 0.717) is 0 Å². The first-order chi connectivity index (χ1) is 23.7. The number of nitrogens with zero attached hydrogens (tertiary/aromatic N) is 1. The van der Waals surface area contributed by atoms with Gasteiger partial charge in [-0.15, -0.1) is 0 Å². The van der Waals surface area contributed by atoms with Gasteiger partial charge >= 0.3 is 0 Å². The third kappa shape index (κ3) is 5.44.